The Morgan fingerprint density at radius 2 is 1.00 bits per heavy atom. The van der Waals surface area contributed by atoms with Gasteiger partial charge in [-0.25, -0.2) is 0 Å². The second-order valence-corrected chi connectivity index (χ2v) is 7.13. The van der Waals surface area contributed by atoms with E-state index in [1.54, 1.807) is 0 Å². The van der Waals surface area contributed by atoms with Crippen molar-refractivity contribution in [2.75, 3.05) is 51.1 Å². The molecule has 8 heteroatoms. The van der Waals surface area contributed by atoms with Crippen LogP contribution >= 0.6 is 24.8 Å². The van der Waals surface area contributed by atoms with Crippen molar-refractivity contribution in [3.63, 3.8) is 0 Å². The maximum absolute atomic E-state index is 6.08. The summed E-state index contributed by atoms with van der Waals surface area (Å²) in [6.45, 7) is 7.81. The summed E-state index contributed by atoms with van der Waals surface area (Å²) in [5.41, 5.74) is 15.3. The highest BCUT2D eigenvalue weighted by atomic mass is 35.5. The van der Waals surface area contributed by atoms with E-state index in [1.807, 2.05) is 36.4 Å². The van der Waals surface area contributed by atoms with E-state index in [0.717, 1.165) is 50.0 Å². The van der Waals surface area contributed by atoms with Crippen LogP contribution in [0.5, 0.6) is 11.5 Å². The van der Waals surface area contributed by atoms with Crippen LogP contribution in [-0.2, 0) is 9.47 Å². The molecule has 2 rings (SSSR count). The van der Waals surface area contributed by atoms with Gasteiger partial charge in [0.25, 0.3) is 0 Å². The van der Waals surface area contributed by atoms with Gasteiger partial charge in [0.2, 0.25) is 0 Å². The molecule has 0 saturated heterocycles. The highest BCUT2D eigenvalue weighted by molar-refractivity contribution is 5.85. The van der Waals surface area contributed by atoms with Crippen LogP contribution < -0.4 is 20.9 Å². The Morgan fingerprint density at radius 3 is 1.38 bits per heavy atom. The van der Waals surface area contributed by atoms with Crippen molar-refractivity contribution in [3.05, 3.63) is 36.4 Å². The molecule has 0 amide bonds. The van der Waals surface area contributed by atoms with Gasteiger partial charge >= 0.3 is 0 Å². The van der Waals surface area contributed by atoms with Crippen LogP contribution in [0.2, 0.25) is 0 Å². The smallest absolute Gasteiger partial charge is 0.142 e. The van der Waals surface area contributed by atoms with Gasteiger partial charge in [0.1, 0.15) is 24.7 Å². The van der Waals surface area contributed by atoms with Crippen molar-refractivity contribution in [1.29, 1.82) is 0 Å². The van der Waals surface area contributed by atoms with Gasteiger partial charge in [-0.1, -0.05) is 38.8 Å². The molecule has 2 aromatic rings. The number of rotatable bonds is 15. The first kappa shape index (κ1) is 30.1. The maximum Gasteiger partial charge on any atom is 0.142 e. The molecule has 6 nitrogen and oxygen atoms in total. The normalized spacial score (nSPS) is 10.2. The first-order chi connectivity index (χ1) is 14.7. The minimum atomic E-state index is 0. The zero-order valence-electron chi connectivity index (χ0n) is 19.1. The summed E-state index contributed by atoms with van der Waals surface area (Å²) >= 11 is 0. The van der Waals surface area contributed by atoms with Crippen LogP contribution in [0.15, 0.2) is 36.4 Å². The molecule has 0 atom stereocenters. The van der Waals surface area contributed by atoms with Crippen molar-refractivity contribution in [2.24, 2.45) is 0 Å². The maximum atomic E-state index is 6.08. The van der Waals surface area contributed by atoms with Crippen LogP contribution in [0.1, 0.15) is 39.5 Å². The minimum Gasteiger partial charge on any atom is -0.489 e. The summed E-state index contributed by atoms with van der Waals surface area (Å²) in [7, 11) is 0. The molecule has 0 spiro atoms. The van der Waals surface area contributed by atoms with Crippen molar-refractivity contribution in [1.82, 2.24) is 0 Å². The fourth-order valence-corrected chi connectivity index (χ4v) is 2.80. The van der Waals surface area contributed by atoms with E-state index >= 15 is 0 Å². The first-order valence-corrected chi connectivity index (χ1v) is 10.9. The second-order valence-electron chi connectivity index (χ2n) is 7.13. The Kier molecular flexibility index (Phi) is 16.6. The van der Waals surface area contributed by atoms with Crippen LogP contribution in [0.3, 0.4) is 0 Å². The molecule has 32 heavy (non-hydrogen) atoms. The lowest BCUT2D eigenvalue weighted by molar-refractivity contribution is 0.0982. The summed E-state index contributed by atoms with van der Waals surface area (Å²) in [4.78, 5) is 0. The molecule has 2 aromatic carbocycles. The van der Waals surface area contributed by atoms with E-state index in [1.165, 1.54) is 0 Å². The topological polar surface area (TPSA) is 89.0 Å². The van der Waals surface area contributed by atoms with Crippen LogP contribution in [-0.4, -0.2) is 39.6 Å². The molecule has 0 aliphatic rings. The summed E-state index contributed by atoms with van der Waals surface area (Å²) in [5, 5.41) is 0. The Hall–Kier alpha value is -1.86. The summed E-state index contributed by atoms with van der Waals surface area (Å²) in [6, 6.07) is 11.5. The van der Waals surface area contributed by atoms with Gasteiger partial charge in [-0.15, -0.1) is 24.8 Å². The number of anilines is 2. The average molecular weight is 489 g/mol. The summed E-state index contributed by atoms with van der Waals surface area (Å²) < 4.78 is 22.7. The SMILES string of the molecule is CCCCOCCOc1cc(-c2ccc(N)c(OCCOCCCC)c2)ccc1N.Cl.Cl. The zero-order chi connectivity index (χ0) is 21.6. The molecule has 0 aliphatic carbocycles. The number of halogens is 2. The number of benzene rings is 2. The standard InChI is InChI=1S/C24H36N2O4.2ClH/c1-3-5-11-27-13-15-29-23-17-19(7-9-21(23)25)20-8-10-22(26)24(18-20)30-16-14-28-12-6-4-2;;/h7-10,17-18H,3-6,11-16,25-26H2,1-2H3;2*1H. The van der Waals surface area contributed by atoms with Crippen molar-refractivity contribution in [3.8, 4) is 22.6 Å². The third-order valence-corrected chi connectivity index (χ3v) is 4.62. The van der Waals surface area contributed by atoms with Crippen molar-refractivity contribution >= 4 is 36.2 Å². The number of ether oxygens (including phenoxy) is 4. The fraction of sp³-hybridized carbons (Fsp3) is 0.500. The van der Waals surface area contributed by atoms with Crippen LogP contribution in [0.25, 0.3) is 11.1 Å². The number of nitrogen functional groups attached to an aromatic ring is 2. The largest absolute Gasteiger partial charge is 0.489 e. The van der Waals surface area contributed by atoms with Crippen molar-refractivity contribution < 1.29 is 18.9 Å². The number of nitrogens with two attached hydrogens (primary N) is 2. The van der Waals surface area contributed by atoms with E-state index in [4.69, 9.17) is 30.4 Å². The van der Waals surface area contributed by atoms with Gasteiger partial charge in [-0.05, 0) is 48.2 Å². The van der Waals surface area contributed by atoms with E-state index in [-0.39, 0.29) is 24.8 Å². The second kappa shape index (κ2) is 17.7. The van der Waals surface area contributed by atoms with Gasteiger partial charge in [0.15, 0.2) is 0 Å². The average Bonchev–Trinajstić information content (AvgIpc) is 2.75. The Balaban J connectivity index is 0.00000480. The predicted molar refractivity (Wildman–Crippen MR) is 138 cm³/mol. The van der Waals surface area contributed by atoms with E-state index < -0.39 is 0 Å². The van der Waals surface area contributed by atoms with Crippen molar-refractivity contribution in [2.45, 2.75) is 39.5 Å². The van der Waals surface area contributed by atoms with Gasteiger partial charge in [-0.2, -0.15) is 0 Å². The lowest BCUT2D eigenvalue weighted by Crippen LogP contribution is -2.09. The van der Waals surface area contributed by atoms with Gasteiger partial charge in [0.05, 0.1) is 24.6 Å². The van der Waals surface area contributed by atoms with Crippen LogP contribution in [0.4, 0.5) is 11.4 Å². The third-order valence-electron chi connectivity index (χ3n) is 4.62. The minimum absolute atomic E-state index is 0. The molecule has 0 heterocycles. The number of hydrogen-bond acceptors (Lipinski definition) is 6. The highest BCUT2D eigenvalue weighted by Gasteiger charge is 2.08. The molecule has 0 bridgehead atoms. The lowest BCUT2D eigenvalue weighted by Gasteiger charge is -2.13. The van der Waals surface area contributed by atoms with E-state index in [9.17, 15) is 0 Å². The summed E-state index contributed by atoms with van der Waals surface area (Å²) in [6.07, 6.45) is 4.36. The third kappa shape index (κ3) is 10.6. The van der Waals surface area contributed by atoms with Gasteiger partial charge in [0, 0.05) is 13.2 Å². The Morgan fingerprint density at radius 1 is 0.594 bits per heavy atom. The monoisotopic (exact) mass is 488 g/mol. The molecule has 4 N–H and O–H groups in total. The lowest BCUT2D eigenvalue weighted by atomic mass is 10.0. The molecule has 0 aromatic heterocycles. The highest BCUT2D eigenvalue weighted by Crippen LogP contribution is 2.33. The van der Waals surface area contributed by atoms with E-state index in [0.29, 0.717) is 49.3 Å². The zero-order valence-corrected chi connectivity index (χ0v) is 20.8. The first-order valence-electron chi connectivity index (χ1n) is 10.9. The van der Waals surface area contributed by atoms with Gasteiger partial charge < -0.3 is 30.4 Å². The summed E-state index contributed by atoms with van der Waals surface area (Å²) in [5.74, 6) is 1.30. The van der Waals surface area contributed by atoms with E-state index in [2.05, 4.69) is 13.8 Å². The number of hydrogen-bond donors (Lipinski definition) is 2. The molecule has 182 valence electrons. The molecular formula is C24H38Cl2N2O4. The molecule has 0 unspecified atom stereocenters. The molecule has 0 fully saturated rings. The molecule has 0 aliphatic heterocycles. The molecule has 0 saturated carbocycles. The van der Waals surface area contributed by atoms with Gasteiger partial charge in [-0.3, -0.25) is 0 Å². The Bertz CT molecular complexity index is 699. The number of unbranched alkanes of at least 4 members (excludes halogenated alkanes) is 2. The molecule has 0 radical (unpaired) electrons. The fourth-order valence-electron chi connectivity index (χ4n) is 2.80. The van der Waals surface area contributed by atoms with Crippen LogP contribution in [0, 0.1) is 0 Å². The molecular weight excluding hydrogens is 451 g/mol. The Labute approximate surface area is 204 Å². The predicted octanol–water partition coefficient (Wildman–Crippen LogP) is 5.75. The quantitative estimate of drug-likeness (QED) is 0.245.